The molecule has 1 nitrogen and oxygen atoms in total. The molecule has 0 aliphatic carbocycles. The van der Waals surface area contributed by atoms with Gasteiger partial charge in [0.05, 0.1) is 0 Å². The van der Waals surface area contributed by atoms with Gasteiger partial charge in [-0.2, -0.15) is 0 Å². The topological polar surface area (TPSA) is 26.0 Å². The Morgan fingerprint density at radius 2 is 1.69 bits per heavy atom. The molecule has 1 aromatic rings. The zero-order valence-corrected chi connectivity index (χ0v) is 9.28. The second-order valence-corrected chi connectivity index (χ2v) is 4.68. The largest absolute Gasteiger partial charge is 0.325 e. The lowest BCUT2D eigenvalue weighted by Crippen LogP contribution is -2.34. The van der Waals surface area contributed by atoms with Crippen molar-refractivity contribution in [1.82, 2.24) is 0 Å². The van der Waals surface area contributed by atoms with Crippen LogP contribution in [0.4, 0.5) is 0 Å². The van der Waals surface area contributed by atoms with Crippen LogP contribution < -0.4 is 5.73 Å². The average molecular weight is 218 g/mol. The van der Waals surface area contributed by atoms with Gasteiger partial charge in [-0.05, 0) is 38.0 Å². The van der Waals surface area contributed by atoms with Crippen LogP contribution in [-0.2, 0) is 6.42 Å². The van der Waals surface area contributed by atoms with Crippen LogP contribution >= 0.6 is 23.2 Å². The summed E-state index contributed by atoms with van der Waals surface area (Å²) in [5.41, 5.74) is 6.53. The minimum Gasteiger partial charge on any atom is -0.325 e. The molecule has 0 saturated heterocycles. The summed E-state index contributed by atoms with van der Waals surface area (Å²) in [6, 6.07) is 5.49. The number of hydrogen-bond donors (Lipinski definition) is 1. The summed E-state index contributed by atoms with van der Waals surface area (Å²) in [6.45, 7) is 3.90. The first-order chi connectivity index (χ1) is 5.90. The van der Waals surface area contributed by atoms with E-state index in [1.807, 2.05) is 32.0 Å². The first-order valence-electron chi connectivity index (χ1n) is 4.12. The minimum absolute atomic E-state index is 0.283. The smallest absolute Gasteiger partial charge is 0.0453 e. The van der Waals surface area contributed by atoms with Crippen LogP contribution in [0.2, 0.25) is 10.0 Å². The Kier molecular flexibility index (Phi) is 3.23. The van der Waals surface area contributed by atoms with Gasteiger partial charge in [0.15, 0.2) is 0 Å². The summed E-state index contributed by atoms with van der Waals surface area (Å²) < 4.78 is 0. The van der Waals surface area contributed by atoms with Crippen molar-refractivity contribution >= 4 is 23.2 Å². The van der Waals surface area contributed by atoms with Crippen molar-refractivity contribution in [1.29, 1.82) is 0 Å². The molecule has 0 fully saturated rings. The van der Waals surface area contributed by atoms with Crippen molar-refractivity contribution in [3.8, 4) is 0 Å². The fourth-order valence-electron chi connectivity index (χ4n) is 1.16. The first-order valence-corrected chi connectivity index (χ1v) is 4.87. The molecule has 72 valence electrons. The molecular formula is C10H13Cl2N. The van der Waals surface area contributed by atoms with E-state index >= 15 is 0 Å². The Hall–Kier alpha value is -0.240. The maximum absolute atomic E-state index is 6.00. The summed E-state index contributed by atoms with van der Waals surface area (Å²) in [5.74, 6) is 0. The highest BCUT2D eigenvalue weighted by Gasteiger charge is 2.15. The number of nitrogens with two attached hydrogens (primary N) is 1. The molecule has 0 saturated carbocycles. The fraction of sp³-hybridized carbons (Fsp3) is 0.400. The third-order valence-electron chi connectivity index (χ3n) is 1.69. The van der Waals surface area contributed by atoms with Crippen molar-refractivity contribution < 1.29 is 0 Å². The monoisotopic (exact) mass is 217 g/mol. The van der Waals surface area contributed by atoms with E-state index in [2.05, 4.69) is 0 Å². The van der Waals surface area contributed by atoms with Crippen LogP contribution in [-0.4, -0.2) is 5.54 Å². The van der Waals surface area contributed by atoms with Crippen molar-refractivity contribution in [3.63, 3.8) is 0 Å². The molecule has 0 aromatic heterocycles. The molecule has 3 heteroatoms. The van der Waals surface area contributed by atoms with Gasteiger partial charge >= 0.3 is 0 Å². The minimum atomic E-state index is -0.283. The zero-order chi connectivity index (χ0) is 10.1. The molecule has 2 N–H and O–H groups in total. The summed E-state index contributed by atoms with van der Waals surface area (Å²) >= 11 is 12.0. The predicted molar refractivity (Wildman–Crippen MR) is 58.4 cm³/mol. The summed E-state index contributed by atoms with van der Waals surface area (Å²) in [5, 5.41) is 1.37. The maximum atomic E-state index is 6.00. The molecule has 0 spiro atoms. The van der Waals surface area contributed by atoms with Gasteiger partial charge in [0.2, 0.25) is 0 Å². The standard InChI is InChI=1S/C10H13Cl2N/c1-10(2,13)6-7-8(11)4-3-5-9(7)12/h3-5H,6,13H2,1-2H3. The van der Waals surface area contributed by atoms with Crippen LogP contribution in [0.3, 0.4) is 0 Å². The van der Waals surface area contributed by atoms with Gasteiger partial charge in [0.1, 0.15) is 0 Å². The Balaban J connectivity index is 3.00. The zero-order valence-electron chi connectivity index (χ0n) is 7.77. The Bertz CT molecular complexity index is 282. The molecule has 0 unspecified atom stereocenters. The van der Waals surface area contributed by atoms with E-state index in [-0.39, 0.29) is 5.54 Å². The fourth-order valence-corrected chi connectivity index (χ4v) is 1.69. The van der Waals surface area contributed by atoms with E-state index in [0.717, 1.165) is 5.56 Å². The average Bonchev–Trinajstić information content (AvgIpc) is 1.95. The molecular weight excluding hydrogens is 205 g/mol. The number of hydrogen-bond acceptors (Lipinski definition) is 1. The maximum Gasteiger partial charge on any atom is 0.0453 e. The molecule has 0 heterocycles. The van der Waals surface area contributed by atoms with Crippen LogP contribution in [0.5, 0.6) is 0 Å². The molecule has 0 aliphatic rings. The van der Waals surface area contributed by atoms with E-state index in [1.54, 1.807) is 0 Å². The lowest BCUT2D eigenvalue weighted by molar-refractivity contribution is 0.517. The molecule has 0 atom stereocenters. The third kappa shape index (κ3) is 3.18. The van der Waals surface area contributed by atoms with Gasteiger partial charge in [0, 0.05) is 15.6 Å². The molecule has 0 aliphatic heterocycles. The number of halogens is 2. The third-order valence-corrected chi connectivity index (χ3v) is 2.40. The lowest BCUT2D eigenvalue weighted by atomic mass is 9.96. The molecule has 1 aromatic carbocycles. The summed E-state index contributed by atoms with van der Waals surface area (Å²) in [6.07, 6.45) is 0.686. The Morgan fingerprint density at radius 1 is 1.23 bits per heavy atom. The summed E-state index contributed by atoms with van der Waals surface area (Å²) in [7, 11) is 0. The molecule has 0 radical (unpaired) electrons. The lowest BCUT2D eigenvalue weighted by Gasteiger charge is -2.19. The number of rotatable bonds is 2. The van der Waals surface area contributed by atoms with Crippen LogP contribution in [0.25, 0.3) is 0 Å². The van der Waals surface area contributed by atoms with Crippen LogP contribution in [0.1, 0.15) is 19.4 Å². The van der Waals surface area contributed by atoms with Gasteiger partial charge in [-0.15, -0.1) is 0 Å². The summed E-state index contributed by atoms with van der Waals surface area (Å²) in [4.78, 5) is 0. The van der Waals surface area contributed by atoms with E-state index < -0.39 is 0 Å². The quantitative estimate of drug-likeness (QED) is 0.809. The van der Waals surface area contributed by atoms with E-state index in [4.69, 9.17) is 28.9 Å². The predicted octanol–water partition coefficient (Wildman–Crippen LogP) is 3.27. The van der Waals surface area contributed by atoms with Crippen molar-refractivity contribution in [2.45, 2.75) is 25.8 Å². The van der Waals surface area contributed by atoms with E-state index in [1.165, 1.54) is 0 Å². The number of benzene rings is 1. The Labute approximate surface area is 88.8 Å². The SMILES string of the molecule is CC(C)(N)Cc1c(Cl)cccc1Cl. The Morgan fingerprint density at radius 3 is 2.08 bits per heavy atom. The van der Waals surface area contributed by atoms with Gasteiger partial charge in [-0.1, -0.05) is 29.3 Å². The normalized spacial score (nSPS) is 11.8. The van der Waals surface area contributed by atoms with Crippen molar-refractivity contribution in [2.75, 3.05) is 0 Å². The molecule has 13 heavy (non-hydrogen) atoms. The second-order valence-electron chi connectivity index (χ2n) is 3.87. The second kappa shape index (κ2) is 3.87. The van der Waals surface area contributed by atoms with Crippen LogP contribution in [0, 0.1) is 0 Å². The van der Waals surface area contributed by atoms with E-state index in [9.17, 15) is 0 Å². The van der Waals surface area contributed by atoms with Gasteiger partial charge < -0.3 is 5.73 Å². The highest BCUT2D eigenvalue weighted by atomic mass is 35.5. The molecule has 0 amide bonds. The van der Waals surface area contributed by atoms with Gasteiger partial charge in [0.25, 0.3) is 0 Å². The van der Waals surface area contributed by atoms with Gasteiger partial charge in [-0.3, -0.25) is 0 Å². The highest BCUT2D eigenvalue weighted by Crippen LogP contribution is 2.27. The van der Waals surface area contributed by atoms with Crippen molar-refractivity contribution in [2.24, 2.45) is 5.73 Å². The molecule has 0 bridgehead atoms. The first kappa shape index (κ1) is 10.8. The van der Waals surface area contributed by atoms with Gasteiger partial charge in [-0.25, -0.2) is 0 Å². The van der Waals surface area contributed by atoms with Crippen molar-refractivity contribution in [3.05, 3.63) is 33.8 Å². The molecule has 1 rings (SSSR count). The van der Waals surface area contributed by atoms with Crippen LogP contribution in [0.15, 0.2) is 18.2 Å². The highest BCUT2D eigenvalue weighted by molar-refractivity contribution is 6.36. The van der Waals surface area contributed by atoms with E-state index in [0.29, 0.717) is 16.5 Å².